The third kappa shape index (κ3) is 4.60. The highest BCUT2D eigenvalue weighted by atomic mass is 16.5. The summed E-state index contributed by atoms with van der Waals surface area (Å²) in [7, 11) is 1.45. The summed E-state index contributed by atoms with van der Waals surface area (Å²) < 4.78 is 4.72. The summed E-state index contributed by atoms with van der Waals surface area (Å²) in [6.45, 7) is 5.41. The highest BCUT2D eigenvalue weighted by Gasteiger charge is 2.70. The topological polar surface area (TPSA) is 188 Å². The van der Waals surface area contributed by atoms with Crippen molar-refractivity contribution in [3.05, 3.63) is 71.8 Å². The van der Waals surface area contributed by atoms with Crippen LogP contribution in [-0.2, 0) is 19.1 Å². The van der Waals surface area contributed by atoms with Crippen LogP contribution in [0.25, 0.3) is 0 Å². The van der Waals surface area contributed by atoms with Gasteiger partial charge in [0.25, 0.3) is 11.2 Å². The van der Waals surface area contributed by atoms with Gasteiger partial charge in [-0.25, -0.2) is 9.59 Å². The number of aliphatic carboxylic acids is 2. The lowest BCUT2D eigenvalue weighted by molar-refractivity contribution is -0.187. The summed E-state index contributed by atoms with van der Waals surface area (Å²) in [4.78, 5) is 59.8. The summed E-state index contributed by atoms with van der Waals surface area (Å²) in [5.74, 6) is -6.94. The standard InChI is InChI=1S/C18H14O8.C9H15NO2/c19-13(11-7-3-1-4-8-11)17(25,15(21)22)18(26,16(23)24)14(20)12-9-5-2-6-10-12;1-9(2)5-4-10-7(6(5)9)8(11)12-3/h1-10,25-26H,(H,21,22)(H,23,24);5-7,10H,4H2,1-3H3/t17-,18-;5-,6-,7-/m10/s1. The number of piperidine rings is 1. The van der Waals surface area contributed by atoms with E-state index in [2.05, 4.69) is 19.2 Å². The third-order valence-corrected chi connectivity index (χ3v) is 7.38. The van der Waals surface area contributed by atoms with Crippen molar-refractivity contribution >= 4 is 29.5 Å². The van der Waals surface area contributed by atoms with E-state index in [1.165, 1.54) is 43.5 Å². The Morgan fingerprint density at radius 1 is 0.816 bits per heavy atom. The molecule has 2 aromatic rings. The highest BCUT2D eigenvalue weighted by Crippen LogP contribution is 2.62. The molecule has 11 heteroatoms. The average molecular weight is 528 g/mol. The Hall–Kier alpha value is -3.93. The van der Waals surface area contributed by atoms with Crippen molar-refractivity contribution in [1.29, 1.82) is 0 Å². The van der Waals surface area contributed by atoms with Gasteiger partial charge in [0.2, 0.25) is 11.6 Å². The molecule has 1 saturated heterocycles. The Morgan fingerprint density at radius 2 is 1.21 bits per heavy atom. The number of ketones is 2. The number of carbonyl (C=O) groups is 5. The lowest BCUT2D eigenvalue weighted by atomic mass is 9.73. The molecular weight excluding hydrogens is 498 g/mol. The van der Waals surface area contributed by atoms with E-state index < -0.39 is 45.8 Å². The number of carboxylic acids is 2. The molecule has 0 unspecified atom stereocenters. The first-order valence-electron chi connectivity index (χ1n) is 11.7. The Morgan fingerprint density at radius 3 is 1.50 bits per heavy atom. The third-order valence-electron chi connectivity index (χ3n) is 7.38. The molecule has 5 atom stereocenters. The van der Waals surface area contributed by atoms with Gasteiger partial charge in [-0.05, 0) is 23.8 Å². The minimum Gasteiger partial charge on any atom is -0.479 e. The van der Waals surface area contributed by atoms with Gasteiger partial charge in [0.05, 0.1) is 7.11 Å². The van der Waals surface area contributed by atoms with Crippen LogP contribution < -0.4 is 5.32 Å². The van der Waals surface area contributed by atoms with Crippen molar-refractivity contribution in [3.8, 4) is 0 Å². The molecule has 5 N–H and O–H groups in total. The van der Waals surface area contributed by atoms with E-state index in [4.69, 9.17) is 4.74 Å². The van der Waals surface area contributed by atoms with Gasteiger partial charge in [0.15, 0.2) is 0 Å². The predicted octanol–water partition coefficient (Wildman–Crippen LogP) is 0.787. The molecule has 1 aliphatic heterocycles. The number of Topliss-reactive ketones (excluding diaryl/α,β-unsaturated/α-hetero) is 2. The fraction of sp³-hybridized carbons (Fsp3) is 0.370. The molecule has 2 aromatic carbocycles. The van der Waals surface area contributed by atoms with Crippen molar-refractivity contribution in [2.24, 2.45) is 17.3 Å². The maximum absolute atomic E-state index is 12.6. The number of fused-ring (bicyclic) bond motifs is 1. The molecule has 4 rings (SSSR count). The van der Waals surface area contributed by atoms with E-state index in [0.717, 1.165) is 30.8 Å². The van der Waals surface area contributed by atoms with Crippen LogP contribution in [0.3, 0.4) is 0 Å². The van der Waals surface area contributed by atoms with E-state index in [9.17, 15) is 44.4 Å². The van der Waals surface area contributed by atoms with E-state index in [0.29, 0.717) is 17.3 Å². The van der Waals surface area contributed by atoms with Gasteiger partial charge in [-0.3, -0.25) is 14.4 Å². The minimum absolute atomic E-state index is 0.0463. The molecule has 1 aliphatic carbocycles. The first-order valence-corrected chi connectivity index (χ1v) is 11.7. The normalized spacial score (nSPS) is 23.8. The number of benzene rings is 2. The monoisotopic (exact) mass is 527 g/mol. The van der Waals surface area contributed by atoms with E-state index >= 15 is 0 Å². The number of carboxylic acid groups (broad SMARTS) is 2. The van der Waals surface area contributed by atoms with Crippen LogP contribution in [0, 0.1) is 17.3 Å². The second-order valence-corrected chi connectivity index (χ2v) is 9.78. The molecule has 0 aromatic heterocycles. The number of aliphatic hydroxyl groups is 2. The molecule has 202 valence electrons. The van der Waals surface area contributed by atoms with Gasteiger partial charge in [-0.15, -0.1) is 0 Å². The molecule has 38 heavy (non-hydrogen) atoms. The number of nitrogens with one attached hydrogen (secondary N) is 1. The molecular formula is C27H29NO10. The zero-order valence-electron chi connectivity index (χ0n) is 21.0. The highest BCUT2D eigenvalue weighted by molar-refractivity contribution is 6.28. The molecule has 2 aliphatic rings. The van der Waals surface area contributed by atoms with Gasteiger partial charge in [0, 0.05) is 11.1 Å². The largest absolute Gasteiger partial charge is 0.479 e. The van der Waals surface area contributed by atoms with Gasteiger partial charge in [-0.1, -0.05) is 74.5 Å². The Kier molecular flexibility index (Phi) is 7.87. The average Bonchev–Trinajstić information content (AvgIpc) is 3.22. The van der Waals surface area contributed by atoms with E-state index in [1.807, 2.05) is 0 Å². The van der Waals surface area contributed by atoms with Crippen molar-refractivity contribution < 1.29 is 49.1 Å². The first-order chi connectivity index (χ1) is 17.8. The Labute approximate surface area is 218 Å². The quantitative estimate of drug-likeness (QED) is 0.185. The summed E-state index contributed by atoms with van der Waals surface area (Å²) in [5.41, 5.74) is -8.33. The number of rotatable bonds is 8. The maximum atomic E-state index is 12.6. The van der Waals surface area contributed by atoms with Crippen molar-refractivity contribution in [3.63, 3.8) is 0 Å². The number of esters is 1. The zero-order valence-corrected chi connectivity index (χ0v) is 21.0. The second kappa shape index (κ2) is 10.4. The van der Waals surface area contributed by atoms with Crippen LogP contribution in [0.2, 0.25) is 0 Å². The molecule has 1 saturated carbocycles. The Bertz CT molecular complexity index is 1170. The molecule has 0 radical (unpaired) electrons. The number of hydrogen-bond donors (Lipinski definition) is 5. The molecule has 1 heterocycles. The van der Waals surface area contributed by atoms with Gasteiger partial charge in [0.1, 0.15) is 6.04 Å². The van der Waals surface area contributed by atoms with Crippen LogP contribution in [-0.4, -0.2) is 80.8 Å². The molecule has 0 amide bonds. The maximum Gasteiger partial charge on any atom is 0.348 e. The van der Waals surface area contributed by atoms with E-state index in [1.54, 1.807) is 0 Å². The first kappa shape index (κ1) is 28.6. The second-order valence-electron chi connectivity index (χ2n) is 9.78. The van der Waals surface area contributed by atoms with Gasteiger partial charge >= 0.3 is 17.9 Å². The SMILES string of the molecule is COC(=O)[C@H]1NC[C@H]2[C@@H]1C2(C)C.O=C(O)[C@](O)(C(=O)c1ccccc1)[C@](O)(C(=O)O)C(=O)c1ccccc1. The molecule has 0 spiro atoms. The fourth-order valence-corrected chi connectivity index (χ4v) is 5.01. The predicted molar refractivity (Wildman–Crippen MR) is 131 cm³/mol. The number of hydrogen-bond acceptors (Lipinski definition) is 9. The smallest absolute Gasteiger partial charge is 0.348 e. The minimum atomic E-state index is -3.95. The Balaban J connectivity index is 0.000000275. The van der Waals surface area contributed by atoms with E-state index in [-0.39, 0.29) is 12.0 Å². The van der Waals surface area contributed by atoms with Gasteiger partial charge < -0.3 is 30.5 Å². The summed E-state index contributed by atoms with van der Waals surface area (Å²) >= 11 is 0. The fourth-order valence-electron chi connectivity index (χ4n) is 5.01. The number of methoxy groups -OCH3 is 1. The summed E-state index contributed by atoms with van der Waals surface area (Å²) in [5, 5.41) is 43.0. The summed E-state index contributed by atoms with van der Waals surface area (Å²) in [6, 6.07) is 12.8. The van der Waals surface area contributed by atoms with Crippen LogP contribution in [0.5, 0.6) is 0 Å². The van der Waals surface area contributed by atoms with Crippen molar-refractivity contribution in [1.82, 2.24) is 5.32 Å². The zero-order chi connectivity index (χ0) is 28.5. The number of carbonyl (C=O) groups excluding carboxylic acids is 3. The van der Waals surface area contributed by atoms with Crippen LogP contribution >= 0.6 is 0 Å². The van der Waals surface area contributed by atoms with Crippen LogP contribution in [0.1, 0.15) is 34.6 Å². The summed E-state index contributed by atoms with van der Waals surface area (Å²) in [6.07, 6.45) is 0. The van der Waals surface area contributed by atoms with Crippen LogP contribution in [0.4, 0.5) is 0 Å². The number of ether oxygens (including phenoxy) is 1. The van der Waals surface area contributed by atoms with Crippen molar-refractivity contribution in [2.75, 3.05) is 13.7 Å². The van der Waals surface area contributed by atoms with Crippen LogP contribution in [0.15, 0.2) is 60.7 Å². The lowest BCUT2D eigenvalue weighted by Crippen LogP contribution is -2.71. The molecule has 11 nitrogen and oxygen atoms in total. The lowest BCUT2D eigenvalue weighted by Gasteiger charge is -2.34. The van der Waals surface area contributed by atoms with Crippen molar-refractivity contribution in [2.45, 2.75) is 31.1 Å². The van der Waals surface area contributed by atoms with Gasteiger partial charge in [-0.2, -0.15) is 0 Å². The molecule has 0 bridgehead atoms. The molecule has 2 fully saturated rings.